The van der Waals surface area contributed by atoms with Crippen LogP contribution in [0, 0.1) is 0 Å². The molecule has 17 heavy (non-hydrogen) atoms. The average Bonchev–Trinajstić information content (AvgIpc) is 2.90. The first-order valence-corrected chi connectivity index (χ1v) is 7.59. The summed E-state index contributed by atoms with van der Waals surface area (Å²) in [6, 6.07) is 4.89. The molecule has 0 saturated carbocycles. The molecule has 1 fully saturated rings. The third kappa shape index (κ3) is 4.59. The topological polar surface area (TPSA) is 15.3 Å². The van der Waals surface area contributed by atoms with Gasteiger partial charge >= 0.3 is 0 Å². The Kier molecular flexibility index (Phi) is 5.29. The third-order valence-electron chi connectivity index (χ3n) is 3.31. The molecule has 1 aromatic heterocycles. The maximum absolute atomic E-state index is 5.93. The van der Waals surface area contributed by atoms with E-state index in [-0.39, 0.29) is 0 Å². The summed E-state index contributed by atoms with van der Waals surface area (Å²) in [4.78, 5) is 3.74. The molecule has 0 spiro atoms. The van der Waals surface area contributed by atoms with Crippen molar-refractivity contribution in [2.24, 2.45) is 0 Å². The van der Waals surface area contributed by atoms with Gasteiger partial charge in [0.05, 0.1) is 4.34 Å². The lowest BCUT2D eigenvalue weighted by molar-refractivity contribution is 0.314. The predicted molar refractivity (Wildman–Crippen MR) is 75.9 cm³/mol. The fourth-order valence-electron chi connectivity index (χ4n) is 2.39. The molecule has 1 aliphatic heterocycles. The molecule has 0 radical (unpaired) electrons. The van der Waals surface area contributed by atoms with Crippen LogP contribution in [0.3, 0.4) is 0 Å². The Morgan fingerprint density at radius 2 is 2.41 bits per heavy atom. The first kappa shape index (κ1) is 13.3. The van der Waals surface area contributed by atoms with Gasteiger partial charge in [-0.05, 0) is 58.0 Å². The normalized spacial score (nSPS) is 20.3. The molecule has 2 nitrogen and oxygen atoms in total. The van der Waals surface area contributed by atoms with Crippen molar-refractivity contribution >= 4 is 22.9 Å². The fourth-order valence-corrected chi connectivity index (χ4v) is 3.56. The van der Waals surface area contributed by atoms with Gasteiger partial charge in [0, 0.05) is 17.5 Å². The number of hydrogen-bond donors (Lipinski definition) is 1. The van der Waals surface area contributed by atoms with Crippen molar-refractivity contribution in [2.75, 3.05) is 20.1 Å². The Morgan fingerprint density at radius 3 is 3.06 bits per heavy atom. The summed E-state index contributed by atoms with van der Waals surface area (Å²) in [6.45, 7) is 3.41. The number of halogens is 1. The van der Waals surface area contributed by atoms with Gasteiger partial charge in [-0.15, -0.1) is 11.3 Å². The Labute approximate surface area is 113 Å². The number of rotatable bonds is 6. The first-order valence-electron chi connectivity index (χ1n) is 6.40. The summed E-state index contributed by atoms with van der Waals surface area (Å²) < 4.78 is 0.892. The molecule has 1 N–H and O–H groups in total. The van der Waals surface area contributed by atoms with Crippen molar-refractivity contribution in [3.63, 3.8) is 0 Å². The number of nitrogens with zero attached hydrogens (tertiary/aromatic N) is 1. The molecule has 0 aliphatic carbocycles. The molecule has 0 amide bonds. The van der Waals surface area contributed by atoms with E-state index in [1.165, 1.54) is 43.6 Å². The van der Waals surface area contributed by atoms with Crippen molar-refractivity contribution in [3.8, 4) is 0 Å². The zero-order valence-corrected chi connectivity index (χ0v) is 12.0. The Morgan fingerprint density at radius 1 is 1.53 bits per heavy atom. The average molecular weight is 273 g/mol. The van der Waals surface area contributed by atoms with E-state index in [1.54, 1.807) is 11.3 Å². The number of nitrogens with one attached hydrogen (secondary N) is 1. The molecular formula is C13H21ClN2S. The Hall–Kier alpha value is -0.0900. The van der Waals surface area contributed by atoms with Gasteiger partial charge in [-0.2, -0.15) is 0 Å². The summed E-state index contributed by atoms with van der Waals surface area (Å²) in [7, 11) is 2.19. The molecular weight excluding hydrogens is 252 g/mol. The summed E-state index contributed by atoms with van der Waals surface area (Å²) in [5, 5.41) is 3.55. The van der Waals surface area contributed by atoms with Crippen LogP contribution in [0.15, 0.2) is 12.1 Å². The van der Waals surface area contributed by atoms with E-state index in [4.69, 9.17) is 11.6 Å². The summed E-state index contributed by atoms with van der Waals surface area (Å²) in [5.41, 5.74) is 0. The second-order valence-electron chi connectivity index (χ2n) is 4.88. The quantitative estimate of drug-likeness (QED) is 0.854. The van der Waals surface area contributed by atoms with E-state index in [2.05, 4.69) is 23.3 Å². The maximum atomic E-state index is 5.93. The molecule has 1 aromatic rings. The van der Waals surface area contributed by atoms with E-state index < -0.39 is 0 Å². The Bertz CT molecular complexity index is 334. The minimum absolute atomic E-state index is 0.777. The first-order chi connectivity index (χ1) is 8.24. The van der Waals surface area contributed by atoms with E-state index in [0.29, 0.717) is 0 Å². The van der Waals surface area contributed by atoms with Crippen LogP contribution in [0.2, 0.25) is 4.34 Å². The SMILES string of the molecule is CN(CCCC1CCCN1)Cc1ccc(Cl)s1. The zero-order chi connectivity index (χ0) is 12.1. The monoisotopic (exact) mass is 272 g/mol. The highest BCUT2D eigenvalue weighted by molar-refractivity contribution is 7.16. The molecule has 0 bridgehead atoms. The number of thiophene rings is 1. The summed E-state index contributed by atoms with van der Waals surface area (Å²) in [5.74, 6) is 0. The van der Waals surface area contributed by atoms with E-state index in [0.717, 1.165) is 16.9 Å². The number of hydrogen-bond acceptors (Lipinski definition) is 3. The lowest BCUT2D eigenvalue weighted by Gasteiger charge is -2.17. The summed E-state index contributed by atoms with van der Waals surface area (Å²) in [6.07, 6.45) is 5.32. The second-order valence-corrected chi connectivity index (χ2v) is 6.68. The van der Waals surface area contributed by atoms with Crippen molar-refractivity contribution in [1.29, 1.82) is 0 Å². The largest absolute Gasteiger partial charge is 0.314 e. The molecule has 0 aromatic carbocycles. The fraction of sp³-hybridized carbons (Fsp3) is 0.692. The van der Waals surface area contributed by atoms with E-state index >= 15 is 0 Å². The highest BCUT2D eigenvalue weighted by Crippen LogP contribution is 2.22. The van der Waals surface area contributed by atoms with E-state index in [9.17, 15) is 0 Å². The highest BCUT2D eigenvalue weighted by atomic mass is 35.5. The van der Waals surface area contributed by atoms with Crippen molar-refractivity contribution in [3.05, 3.63) is 21.3 Å². The van der Waals surface area contributed by atoms with Crippen molar-refractivity contribution < 1.29 is 0 Å². The lowest BCUT2D eigenvalue weighted by Crippen LogP contribution is -2.24. The second kappa shape index (κ2) is 6.74. The van der Waals surface area contributed by atoms with Crippen LogP contribution in [0.1, 0.15) is 30.6 Å². The van der Waals surface area contributed by atoms with Crippen LogP contribution in [-0.2, 0) is 6.54 Å². The zero-order valence-electron chi connectivity index (χ0n) is 10.4. The van der Waals surface area contributed by atoms with Gasteiger partial charge in [-0.25, -0.2) is 0 Å². The molecule has 2 heterocycles. The standard InChI is InChI=1S/C13H21ClN2S/c1-16(10-12-6-7-13(14)17-12)9-3-5-11-4-2-8-15-11/h6-7,11,15H,2-5,8-10H2,1H3. The molecule has 1 unspecified atom stereocenters. The van der Waals surface area contributed by atoms with Gasteiger partial charge in [0.25, 0.3) is 0 Å². The molecule has 4 heteroatoms. The van der Waals surface area contributed by atoms with Gasteiger partial charge < -0.3 is 10.2 Å². The van der Waals surface area contributed by atoms with Gasteiger partial charge in [-0.1, -0.05) is 11.6 Å². The van der Waals surface area contributed by atoms with E-state index in [1.807, 2.05) is 6.07 Å². The summed E-state index contributed by atoms with van der Waals surface area (Å²) >= 11 is 7.61. The smallest absolute Gasteiger partial charge is 0.0931 e. The molecule has 1 saturated heterocycles. The molecule has 2 rings (SSSR count). The minimum atomic E-state index is 0.777. The van der Waals surface area contributed by atoms with Crippen LogP contribution in [0.25, 0.3) is 0 Å². The Balaban J connectivity index is 1.61. The lowest BCUT2D eigenvalue weighted by atomic mass is 10.1. The molecule has 1 aliphatic rings. The van der Waals surface area contributed by atoms with Crippen LogP contribution >= 0.6 is 22.9 Å². The van der Waals surface area contributed by atoms with Crippen LogP contribution in [0.5, 0.6) is 0 Å². The molecule has 96 valence electrons. The van der Waals surface area contributed by atoms with Crippen molar-refractivity contribution in [2.45, 2.75) is 38.3 Å². The van der Waals surface area contributed by atoms with Crippen molar-refractivity contribution in [1.82, 2.24) is 10.2 Å². The third-order valence-corrected chi connectivity index (χ3v) is 4.53. The maximum Gasteiger partial charge on any atom is 0.0931 e. The predicted octanol–water partition coefficient (Wildman–Crippen LogP) is 3.37. The minimum Gasteiger partial charge on any atom is -0.314 e. The van der Waals surface area contributed by atoms with Gasteiger partial charge in [0.2, 0.25) is 0 Å². The molecule has 1 atom stereocenters. The van der Waals surface area contributed by atoms with Gasteiger partial charge in [0.15, 0.2) is 0 Å². The van der Waals surface area contributed by atoms with Gasteiger partial charge in [0.1, 0.15) is 0 Å². The van der Waals surface area contributed by atoms with Crippen LogP contribution in [-0.4, -0.2) is 31.1 Å². The van der Waals surface area contributed by atoms with Crippen LogP contribution < -0.4 is 5.32 Å². The highest BCUT2D eigenvalue weighted by Gasteiger charge is 2.13. The van der Waals surface area contributed by atoms with Gasteiger partial charge in [-0.3, -0.25) is 0 Å². The van der Waals surface area contributed by atoms with Crippen LogP contribution in [0.4, 0.5) is 0 Å².